The lowest BCUT2D eigenvalue weighted by atomic mass is 9.71. The van der Waals surface area contributed by atoms with E-state index in [1.54, 1.807) is 0 Å². The van der Waals surface area contributed by atoms with Crippen molar-refractivity contribution >= 4 is 16.7 Å². The Balaban J connectivity index is 1.63. The molecule has 0 fully saturated rings. The third-order valence-corrected chi connectivity index (χ3v) is 7.31. The molecule has 0 saturated carbocycles. The Morgan fingerprint density at radius 3 is 2.03 bits per heavy atom. The smallest absolute Gasteiger partial charge is 0.169 e. The molecule has 4 atom stereocenters. The summed E-state index contributed by atoms with van der Waals surface area (Å²) < 4.78 is 15.4. The maximum Gasteiger partial charge on any atom is 0.169 e. The van der Waals surface area contributed by atoms with Crippen LogP contribution < -0.4 is 0 Å². The van der Waals surface area contributed by atoms with Crippen LogP contribution in [0.1, 0.15) is 36.4 Å². The van der Waals surface area contributed by atoms with Crippen molar-refractivity contribution in [3.8, 4) is 0 Å². The summed E-state index contributed by atoms with van der Waals surface area (Å²) in [7, 11) is -1.37. The molecular formula is C26H24N2OS. The number of hydrogen-bond acceptors (Lipinski definition) is 2. The van der Waals surface area contributed by atoms with Gasteiger partial charge in [0.2, 0.25) is 0 Å². The molecule has 0 N–H and O–H groups in total. The van der Waals surface area contributed by atoms with Gasteiger partial charge in [0.15, 0.2) is 11.0 Å². The molecule has 3 aromatic carbocycles. The number of rotatable bonds is 4. The molecule has 4 heteroatoms. The zero-order chi connectivity index (χ0) is 20.5. The molecular weight excluding hydrogens is 388 g/mol. The van der Waals surface area contributed by atoms with Gasteiger partial charge in [-0.2, -0.15) is 5.10 Å². The fourth-order valence-electron chi connectivity index (χ4n) is 4.67. The van der Waals surface area contributed by atoms with Gasteiger partial charge in [-0.15, -0.1) is 0 Å². The third kappa shape index (κ3) is 3.41. The standard InChI is InChI=1S/C26H24N2OS/c1-19-17-23(20-11-5-2-6-12-20)25-24(18-19)27-28(26(25)21-13-7-3-8-14-21)30(29)22-15-9-4-10-16-22/h2-16,18,23,25-26H,17H2,1H3. The molecule has 5 rings (SSSR count). The van der Waals surface area contributed by atoms with Gasteiger partial charge in [0.05, 0.1) is 16.6 Å². The van der Waals surface area contributed by atoms with E-state index in [0.717, 1.165) is 22.6 Å². The Morgan fingerprint density at radius 2 is 1.40 bits per heavy atom. The highest BCUT2D eigenvalue weighted by molar-refractivity contribution is 7.82. The summed E-state index contributed by atoms with van der Waals surface area (Å²) in [5.41, 5.74) is 4.82. The van der Waals surface area contributed by atoms with Gasteiger partial charge in [-0.1, -0.05) is 84.4 Å². The first-order chi connectivity index (χ1) is 14.7. The zero-order valence-electron chi connectivity index (χ0n) is 16.9. The molecule has 3 nitrogen and oxygen atoms in total. The average Bonchev–Trinajstić information content (AvgIpc) is 3.19. The molecule has 3 aromatic rings. The van der Waals surface area contributed by atoms with E-state index in [1.165, 1.54) is 11.1 Å². The topological polar surface area (TPSA) is 32.7 Å². The summed E-state index contributed by atoms with van der Waals surface area (Å²) in [4.78, 5) is 0.776. The van der Waals surface area contributed by atoms with Crippen molar-refractivity contribution < 1.29 is 4.21 Å². The van der Waals surface area contributed by atoms with E-state index < -0.39 is 11.0 Å². The highest BCUT2D eigenvalue weighted by atomic mass is 32.2. The zero-order valence-corrected chi connectivity index (χ0v) is 17.7. The van der Waals surface area contributed by atoms with Crippen molar-refractivity contribution in [2.24, 2.45) is 11.0 Å². The van der Waals surface area contributed by atoms with Gasteiger partial charge in [0, 0.05) is 5.92 Å². The normalized spacial score (nSPS) is 24.0. The summed E-state index contributed by atoms with van der Waals surface area (Å²) in [6, 6.07) is 30.6. The minimum absolute atomic E-state index is 0.0724. The van der Waals surface area contributed by atoms with Crippen molar-refractivity contribution in [3.05, 3.63) is 114 Å². The lowest BCUT2D eigenvalue weighted by Crippen LogP contribution is -2.32. The predicted octanol–water partition coefficient (Wildman–Crippen LogP) is 5.87. The van der Waals surface area contributed by atoms with Gasteiger partial charge >= 0.3 is 0 Å². The Morgan fingerprint density at radius 1 is 0.833 bits per heavy atom. The quantitative estimate of drug-likeness (QED) is 0.527. The van der Waals surface area contributed by atoms with E-state index in [0.29, 0.717) is 5.92 Å². The minimum atomic E-state index is -1.37. The molecule has 0 saturated heterocycles. The monoisotopic (exact) mass is 412 g/mol. The van der Waals surface area contributed by atoms with Crippen LogP contribution in [-0.2, 0) is 11.0 Å². The number of nitrogens with zero attached hydrogens (tertiary/aromatic N) is 2. The molecule has 1 aliphatic heterocycles. The molecule has 0 bridgehead atoms. The Hall–Kier alpha value is -2.98. The van der Waals surface area contributed by atoms with Crippen LogP contribution in [0.2, 0.25) is 0 Å². The van der Waals surface area contributed by atoms with E-state index in [-0.39, 0.29) is 12.0 Å². The van der Waals surface area contributed by atoms with Crippen LogP contribution in [0, 0.1) is 5.92 Å². The highest BCUT2D eigenvalue weighted by Crippen LogP contribution is 2.49. The van der Waals surface area contributed by atoms with Crippen LogP contribution in [0.5, 0.6) is 0 Å². The lowest BCUT2D eigenvalue weighted by molar-refractivity contribution is 0.310. The maximum atomic E-state index is 13.6. The van der Waals surface area contributed by atoms with E-state index in [1.807, 2.05) is 40.8 Å². The second-order valence-corrected chi connectivity index (χ2v) is 9.33. The molecule has 0 aromatic heterocycles. The van der Waals surface area contributed by atoms with Crippen molar-refractivity contribution in [1.82, 2.24) is 4.41 Å². The number of hydrazone groups is 1. The minimum Gasteiger partial charge on any atom is -0.230 e. The van der Waals surface area contributed by atoms with Gasteiger partial charge in [-0.05, 0) is 48.6 Å². The van der Waals surface area contributed by atoms with Crippen molar-refractivity contribution in [1.29, 1.82) is 0 Å². The molecule has 30 heavy (non-hydrogen) atoms. The molecule has 2 aliphatic rings. The number of allylic oxidation sites excluding steroid dienone is 2. The van der Waals surface area contributed by atoms with Crippen LogP contribution in [0.4, 0.5) is 0 Å². The fraction of sp³-hybridized carbons (Fsp3) is 0.192. The van der Waals surface area contributed by atoms with E-state index in [4.69, 9.17) is 5.10 Å². The molecule has 150 valence electrons. The molecule has 1 heterocycles. The SMILES string of the molecule is CC1=CC2=NN(S(=O)c3ccccc3)C(c3ccccc3)C2C(c2ccccc2)C1. The van der Waals surface area contributed by atoms with Crippen LogP contribution >= 0.6 is 0 Å². The molecule has 0 radical (unpaired) electrons. The Labute approximate surface area is 180 Å². The van der Waals surface area contributed by atoms with Gasteiger partial charge in [0.1, 0.15) is 0 Å². The van der Waals surface area contributed by atoms with Gasteiger partial charge in [-0.25, -0.2) is 8.62 Å². The second-order valence-electron chi connectivity index (χ2n) is 7.98. The van der Waals surface area contributed by atoms with E-state index in [9.17, 15) is 4.21 Å². The first kappa shape index (κ1) is 19.0. The summed E-state index contributed by atoms with van der Waals surface area (Å²) >= 11 is 0. The summed E-state index contributed by atoms with van der Waals surface area (Å²) in [6.45, 7) is 2.17. The summed E-state index contributed by atoms with van der Waals surface area (Å²) in [5.74, 6) is 0.462. The van der Waals surface area contributed by atoms with Gasteiger partial charge in [0.25, 0.3) is 0 Å². The van der Waals surface area contributed by atoms with Gasteiger partial charge < -0.3 is 0 Å². The average molecular weight is 413 g/mol. The first-order valence-electron chi connectivity index (χ1n) is 10.3. The maximum absolute atomic E-state index is 13.6. The van der Waals surface area contributed by atoms with Crippen LogP contribution in [0.25, 0.3) is 0 Å². The third-order valence-electron chi connectivity index (χ3n) is 5.99. The largest absolute Gasteiger partial charge is 0.230 e. The summed E-state index contributed by atoms with van der Waals surface area (Å²) in [5, 5.41) is 4.94. The van der Waals surface area contributed by atoms with Crippen LogP contribution in [0.15, 0.2) is 113 Å². The van der Waals surface area contributed by atoms with Gasteiger partial charge in [-0.3, -0.25) is 0 Å². The van der Waals surface area contributed by atoms with Crippen molar-refractivity contribution in [2.45, 2.75) is 30.2 Å². The fourth-order valence-corrected chi connectivity index (χ4v) is 5.91. The Kier molecular flexibility index (Phi) is 5.09. The second kappa shape index (κ2) is 8.04. The first-order valence-corrected chi connectivity index (χ1v) is 11.4. The number of hydrogen-bond donors (Lipinski definition) is 0. The molecule has 0 amide bonds. The van der Waals surface area contributed by atoms with Crippen molar-refractivity contribution in [2.75, 3.05) is 0 Å². The number of fused-ring (bicyclic) bond motifs is 1. The van der Waals surface area contributed by atoms with Crippen LogP contribution in [0.3, 0.4) is 0 Å². The summed E-state index contributed by atoms with van der Waals surface area (Å²) in [6.07, 6.45) is 3.19. The van der Waals surface area contributed by atoms with Crippen molar-refractivity contribution in [3.63, 3.8) is 0 Å². The predicted molar refractivity (Wildman–Crippen MR) is 122 cm³/mol. The van der Waals surface area contributed by atoms with Crippen LogP contribution in [-0.4, -0.2) is 14.3 Å². The van der Waals surface area contributed by atoms with E-state index in [2.05, 4.69) is 67.6 Å². The molecule has 1 aliphatic carbocycles. The number of benzene rings is 3. The molecule has 0 spiro atoms. The Bertz CT molecular complexity index is 1110. The highest BCUT2D eigenvalue weighted by Gasteiger charge is 2.46. The lowest BCUT2D eigenvalue weighted by Gasteiger charge is -2.34. The van der Waals surface area contributed by atoms with E-state index >= 15 is 0 Å². The molecule has 4 unspecified atom stereocenters.